The van der Waals surface area contributed by atoms with Crippen molar-refractivity contribution >= 4 is 11.6 Å². The van der Waals surface area contributed by atoms with Gasteiger partial charge >= 0.3 is 0 Å². The number of aromatic nitrogens is 2. The van der Waals surface area contributed by atoms with Gasteiger partial charge in [0.15, 0.2) is 0 Å². The summed E-state index contributed by atoms with van der Waals surface area (Å²) in [4.78, 5) is 8.51. The third kappa shape index (κ3) is 4.46. The van der Waals surface area contributed by atoms with Gasteiger partial charge in [0.2, 0.25) is 0 Å². The van der Waals surface area contributed by atoms with Crippen molar-refractivity contribution in [3.05, 3.63) is 78.1 Å². The zero-order chi connectivity index (χ0) is 16.6. The van der Waals surface area contributed by atoms with E-state index in [1.54, 1.807) is 13.4 Å². The molecule has 0 fully saturated rings. The quantitative estimate of drug-likeness (QED) is 0.695. The second kappa shape index (κ2) is 7.97. The molecule has 0 atom stereocenters. The van der Waals surface area contributed by atoms with Crippen LogP contribution in [0.3, 0.4) is 0 Å². The molecule has 0 radical (unpaired) electrons. The number of nitrogens with zero attached hydrogens (tertiary/aromatic N) is 2. The van der Waals surface area contributed by atoms with E-state index in [1.165, 1.54) is 5.56 Å². The molecule has 0 aliphatic heterocycles. The largest absolute Gasteiger partial charge is 0.497 e. The molecule has 0 bridgehead atoms. The Bertz CT molecular complexity index is 760. The number of anilines is 2. The molecule has 3 rings (SSSR count). The minimum Gasteiger partial charge on any atom is -0.497 e. The Kier molecular flexibility index (Phi) is 5.24. The molecule has 3 aromatic rings. The standard InChI is InChI=1S/C19H20N4O/c1-24-17-9-7-16(8-10-17)13-21-19-11-18(22-14-23-19)20-12-15-5-3-2-4-6-15/h2-11,14H,12-13H2,1H3,(H2,20,21,22,23). The SMILES string of the molecule is COc1ccc(CNc2cc(NCc3ccccc3)ncn2)cc1. The van der Waals surface area contributed by atoms with Gasteiger partial charge in [-0.1, -0.05) is 42.5 Å². The zero-order valence-corrected chi connectivity index (χ0v) is 13.6. The minimum atomic E-state index is 0.694. The Labute approximate surface area is 141 Å². The molecule has 2 N–H and O–H groups in total. The lowest BCUT2D eigenvalue weighted by Crippen LogP contribution is -2.05. The van der Waals surface area contributed by atoms with Crippen molar-refractivity contribution in [3.63, 3.8) is 0 Å². The summed E-state index contributed by atoms with van der Waals surface area (Å²) in [5, 5.41) is 6.61. The summed E-state index contributed by atoms with van der Waals surface area (Å²) >= 11 is 0. The van der Waals surface area contributed by atoms with Crippen LogP contribution < -0.4 is 15.4 Å². The van der Waals surface area contributed by atoms with Crippen molar-refractivity contribution in [2.45, 2.75) is 13.1 Å². The van der Waals surface area contributed by atoms with Crippen LogP contribution in [0.5, 0.6) is 5.75 Å². The Morgan fingerprint density at radius 1 is 0.792 bits per heavy atom. The molecule has 24 heavy (non-hydrogen) atoms. The average molecular weight is 320 g/mol. The predicted octanol–water partition coefficient (Wildman–Crippen LogP) is 3.71. The molecular weight excluding hydrogens is 300 g/mol. The highest BCUT2D eigenvalue weighted by molar-refractivity contribution is 5.47. The fourth-order valence-electron chi connectivity index (χ4n) is 2.28. The van der Waals surface area contributed by atoms with E-state index in [9.17, 15) is 0 Å². The molecule has 0 aliphatic rings. The van der Waals surface area contributed by atoms with E-state index in [1.807, 2.05) is 48.5 Å². The highest BCUT2D eigenvalue weighted by atomic mass is 16.5. The van der Waals surface area contributed by atoms with Gasteiger partial charge in [-0.05, 0) is 23.3 Å². The smallest absolute Gasteiger partial charge is 0.131 e. The molecule has 0 amide bonds. The van der Waals surface area contributed by atoms with Gasteiger partial charge in [-0.2, -0.15) is 0 Å². The Balaban J connectivity index is 1.56. The number of ether oxygens (including phenoxy) is 1. The lowest BCUT2D eigenvalue weighted by Gasteiger charge is -2.09. The molecule has 0 saturated heterocycles. The summed E-state index contributed by atoms with van der Waals surface area (Å²) in [5.74, 6) is 2.44. The maximum Gasteiger partial charge on any atom is 0.131 e. The highest BCUT2D eigenvalue weighted by Crippen LogP contribution is 2.14. The second-order valence-corrected chi connectivity index (χ2v) is 5.33. The van der Waals surface area contributed by atoms with Crippen LogP contribution in [-0.2, 0) is 13.1 Å². The predicted molar refractivity (Wildman–Crippen MR) is 96.1 cm³/mol. The zero-order valence-electron chi connectivity index (χ0n) is 13.6. The number of hydrogen-bond acceptors (Lipinski definition) is 5. The molecule has 0 spiro atoms. The summed E-state index contributed by atoms with van der Waals surface area (Å²) in [6, 6.07) is 20.1. The first-order valence-electron chi connectivity index (χ1n) is 7.80. The van der Waals surface area contributed by atoms with Crippen LogP contribution in [0, 0.1) is 0 Å². The Morgan fingerprint density at radius 2 is 1.38 bits per heavy atom. The lowest BCUT2D eigenvalue weighted by atomic mass is 10.2. The van der Waals surface area contributed by atoms with Crippen LogP contribution in [-0.4, -0.2) is 17.1 Å². The normalized spacial score (nSPS) is 10.2. The third-order valence-corrected chi connectivity index (χ3v) is 3.62. The molecule has 5 heteroatoms. The van der Waals surface area contributed by atoms with E-state index in [-0.39, 0.29) is 0 Å². The van der Waals surface area contributed by atoms with E-state index in [0.717, 1.165) is 29.5 Å². The summed E-state index contributed by atoms with van der Waals surface area (Å²) in [5.41, 5.74) is 2.37. The van der Waals surface area contributed by atoms with E-state index < -0.39 is 0 Å². The van der Waals surface area contributed by atoms with Crippen molar-refractivity contribution in [2.24, 2.45) is 0 Å². The number of nitrogens with one attached hydrogen (secondary N) is 2. The van der Waals surface area contributed by atoms with Crippen molar-refractivity contribution in [1.29, 1.82) is 0 Å². The van der Waals surface area contributed by atoms with Crippen LogP contribution in [0.2, 0.25) is 0 Å². The van der Waals surface area contributed by atoms with Crippen molar-refractivity contribution < 1.29 is 4.74 Å². The summed E-state index contributed by atoms with van der Waals surface area (Å²) in [7, 11) is 1.66. The van der Waals surface area contributed by atoms with Gasteiger partial charge in [-0.15, -0.1) is 0 Å². The summed E-state index contributed by atoms with van der Waals surface area (Å²) in [6.45, 7) is 1.43. The van der Waals surface area contributed by atoms with Gasteiger partial charge in [0.1, 0.15) is 23.7 Å². The van der Waals surface area contributed by atoms with Crippen LogP contribution >= 0.6 is 0 Å². The minimum absolute atomic E-state index is 0.694. The fraction of sp³-hybridized carbons (Fsp3) is 0.158. The van der Waals surface area contributed by atoms with E-state index in [0.29, 0.717) is 6.54 Å². The topological polar surface area (TPSA) is 59.1 Å². The molecule has 0 unspecified atom stereocenters. The Hall–Kier alpha value is -3.08. The molecular formula is C19H20N4O. The van der Waals surface area contributed by atoms with E-state index >= 15 is 0 Å². The van der Waals surface area contributed by atoms with E-state index in [2.05, 4.69) is 32.7 Å². The van der Waals surface area contributed by atoms with Crippen molar-refractivity contribution in [1.82, 2.24) is 9.97 Å². The van der Waals surface area contributed by atoms with Crippen molar-refractivity contribution in [3.8, 4) is 5.75 Å². The van der Waals surface area contributed by atoms with Gasteiger partial charge in [-0.25, -0.2) is 9.97 Å². The average Bonchev–Trinajstić information content (AvgIpc) is 2.66. The molecule has 2 aromatic carbocycles. The lowest BCUT2D eigenvalue weighted by molar-refractivity contribution is 0.414. The molecule has 5 nitrogen and oxygen atoms in total. The van der Waals surface area contributed by atoms with Crippen LogP contribution in [0.25, 0.3) is 0 Å². The van der Waals surface area contributed by atoms with Crippen LogP contribution in [0.1, 0.15) is 11.1 Å². The number of hydrogen-bond donors (Lipinski definition) is 2. The first-order chi connectivity index (χ1) is 11.8. The molecule has 0 aliphatic carbocycles. The van der Waals surface area contributed by atoms with Crippen LogP contribution in [0.15, 0.2) is 67.0 Å². The number of methoxy groups -OCH3 is 1. The van der Waals surface area contributed by atoms with Gasteiger partial charge in [-0.3, -0.25) is 0 Å². The number of benzene rings is 2. The van der Waals surface area contributed by atoms with Gasteiger partial charge < -0.3 is 15.4 Å². The Morgan fingerprint density at radius 3 is 1.96 bits per heavy atom. The molecule has 1 heterocycles. The van der Waals surface area contributed by atoms with Gasteiger partial charge in [0, 0.05) is 19.2 Å². The monoisotopic (exact) mass is 320 g/mol. The number of rotatable bonds is 7. The molecule has 122 valence electrons. The van der Waals surface area contributed by atoms with Gasteiger partial charge in [0.05, 0.1) is 7.11 Å². The van der Waals surface area contributed by atoms with E-state index in [4.69, 9.17) is 4.74 Å². The van der Waals surface area contributed by atoms with Gasteiger partial charge in [0.25, 0.3) is 0 Å². The highest BCUT2D eigenvalue weighted by Gasteiger charge is 2.00. The first kappa shape index (κ1) is 15.8. The summed E-state index contributed by atoms with van der Waals surface area (Å²) < 4.78 is 5.16. The first-order valence-corrected chi connectivity index (χ1v) is 7.80. The van der Waals surface area contributed by atoms with Crippen LogP contribution in [0.4, 0.5) is 11.6 Å². The second-order valence-electron chi connectivity index (χ2n) is 5.33. The van der Waals surface area contributed by atoms with Crippen molar-refractivity contribution in [2.75, 3.05) is 17.7 Å². The molecule has 0 saturated carbocycles. The maximum atomic E-state index is 5.16. The summed E-state index contributed by atoms with van der Waals surface area (Å²) in [6.07, 6.45) is 1.56. The molecule has 1 aromatic heterocycles. The fourth-order valence-corrected chi connectivity index (χ4v) is 2.28. The third-order valence-electron chi connectivity index (χ3n) is 3.62. The maximum absolute atomic E-state index is 5.16.